The number of amides is 1. The number of esters is 1. The molecule has 188 valence electrons. The van der Waals surface area contributed by atoms with E-state index in [0.717, 1.165) is 42.6 Å². The highest BCUT2D eigenvalue weighted by atomic mass is 16.5. The van der Waals surface area contributed by atoms with Crippen molar-refractivity contribution in [2.45, 2.75) is 38.8 Å². The quantitative estimate of drug-likeness (QED) is 0.304. The zero-order valence-corrected chi connectivity index (χ0v) is 20.9. The predicted octanol–water partition coefficient (Wildman–Crippen LogP) is 2.77. The smallest absolute Gasteiger partial charge is 0.310 e. The number of benzene rings is 2. The molecule has 2 aromatic rings. The van der Waals surface area contributed by atoms with Crippen molar-refractivity contribution in [1.29, 1.82) is 0 Å². The number of nitrogens with zero attached hydrogens (tertiary/aromatic N) is 2. The molecule has 0 saturated carbocycles. The van der Waals surface area contributed by atoms with Crippen LogP contribution in [0, 0.1) is 11.8 Å². The summed E-state index contributed by atoms with van der Waals surface area (Å²) in [5.74, 6) is -0.213. The van der Waals surface area contributed by atoms with E-state index in [-0.39, 0.29) is 23.8 Å². The third-order valence-electron chi connectivity index (χ3n) is 6.77. The fourth-order valence-electron chi connectivity index (χ4n) is 4.70. The minimum Gasteiger partial charge on any atom is -0.469 e. The number of likely N-dealkylation sites (tertiary alicyclic amines) is 1. The van der Waals surface area contributed by atoms with Crippen LogP contribution in [0.1, 0.15) is 42.1 Å². The minimum absolute atomic E-state index is 0.221. The van der Waals surface area contributed by atoms with Gasteiger partial charge in [0.1, 0.15) is 0 Å². The molecule has 0 aliphatic carbocycles. The molecule has 2 aromatic carbocycles. The fraction of sp³-hybridized carbons (Fsp3) is 0.444. The summed E-state index contributed by atoms with van der Waals surface area (Å²) in [6, 6.07) is 15.1. The number of carbonyl (C=O) groups excluding carboxylic acids is 2. The van der Waals surface area contributed by atoms with Gasteiger partial charge in [0.15, 0.2) is 5.96 Å². The molecule has 8 nitrogen and oxygen atoms in total. The van der Waals surface area contributed by atoms with Crippen LogP contribution in [-0.4, -0.2) is 56.0 Å². The van der Waals surface area contributed by atoms with E-state index in [1.807, 2.05) is 43.3 Å². The third kappa shape index (κ3) is 6.82. The zero-order chi connectivity index (χ0) is 25.4. The molecule has 0 aromatic heterocycles. The van der Waals surface area contributed by atoms with Crippen LogP contribution in [0.15, 0.2) is 53.5 Å². The van der Waals surface area contributed by atoms with Gasteiger partial charge < -0.3 is 26.4 Å². The van der Waals surface area contributed by atoms with Crippen molar-refractivity contribution in [2.75, 3.05) is 27.2 Å². The molecule has 0 radical (unpaired) electrons. The number of aliphatic imine (C=N–C) groups is 1. The highest BCUT2D eigenvalue weighted by Gasteiger charge is 2.32. The summed E-state index contributed by atoms with van der Waals surface area (Å²) in [5, 5.41) is 3.01. The van der Waals surface area contributed by atoms with Crippen LogP contribution in [0.2, 0.25) is 0 Å². The Kier molecular flexibility index (Phi) is 9.25. The lowest BCUT2D eigenvalue weighted by atomic mass is 9.85. The van der Waals surface area contributed by atoms with Gasteiger partial charge in [0, 0.05) is 38.3 Å². The van der Waals surface area contributed by atoms with Crippen molar-refractivity contribution in [3.63, 3.8) is 0 Å². The van der Waals surface area contributed by atoms with Gasteiger partial charge in [-0.2, -0.15) is 0 Å². The van der Waals surface area contributed by atoms with E-state index in [9.17, 15) is 9.59 Å². The maximum Gasteiger partial charge on any atom is 0.310 e. The summed E-state index contributed by atoms with van der Waals surface area (Å²) in [6.07, 6.45) is 2.59. The average molecular weight is 480 g/mol. The van der Waals surface area contributed by atoms with Crippen LogP contribution in [0.4, 0.5) is 0 Å². The minimum atomic E-state index is -0.452. The Bertz CT molecular complexity index is 1040. The molecule has 8 heteroatoms. The first-order chi connectivity index (χ1) is 16.9. The molecular weight excluding hydrogens is 442 g/mol. The molecule has 35 heavy (non-hydrogen) atoms. The third-order valence-corrected chi connectivity index (χ3v) is 6.77. The van der Waals surface area contributed by atoms with Crippen molar-refractivity contribution in [3.05, 3.63) is 59.7 Å². The molecule has 1 aliphatic rings. The Morgan fingerprint density at radius 2 is 1.94 bits per heavy atom. The van der Waals surface area contributed by atoms with Crippen LogP contribution in [-0.2, 0) is 16.1 Å². The van der Waals surface area contributed by atoms with E-state index in [4.69, 9.17) is 16.2 Å². The number of carbonyl (C=O) groups is 2. The maximum absolute atomic E-state index is 13.0. The van der Waals surface area contributed by atoms with Crippen molar-refractivity contribution >= 4 is 17.8 Å². The molecule has 0 bridgehead atoms. The van der Waals surface area contributed by atoms with E-state index < -0.39 is 5.92 Å². The number of piperidine rings is 1. The molecular formula is C27H37N5O3. The average Bonchev–Trinajstić information content (AvgIpc) is 2.90. The summed E-state index contributed by atoms with van der Waals surface area (Å²) in [7, 11) is 3.06. The number of rotatable bonds is 8. The van der Waals surface area contributed by atoms with Gasteiger partial charge in [-0.1, -0.05) is 30.3 Å². The molecule has 1 aliphatic heterocycles. The number of hydrogen-bond donors (Lipinski definition) is 3. The molecule has 0 spiro atoms. The lowest BCUT2D eigenvalue weighted by Crippen LogP contribution is -2.47. The number of methoxy groups -OCH3 is 1. The lowest BCUT2D eigenvalue weighted by Gasteiger charge is -2.35. The van der Waals surface area contributed by atoms with Gasteiger partial charge in [-0.25, -0.2) is 0 Å². The Labute approximate surface area is 207 Å². The van der Waals surface area contributed by atoms with Crippen LogP contribution < -0.4 is 16.8 Å². The van der Waals surface area contributed by atoms with E-state index >= 15 is 0 Å². The van der Waals surface area contributed by atoms with Crippen LogP contribution >= 0.6 is 0 Å². The molecule has 3 atom stereocenters. The van der Waals surface area contributed by atoms with E-state index in [2.05, 4.69) is 15.2 Å². The fourth-order valence-corrected chi connectivity index (χ4v) is 4.70. The topological polar surface area (TPSA) is 123 Å². The first-order valence-electron chi connectivity index (χ1n) is 12.1. The molecule has 1 amide bonds. The van der Waals surface area contributed by atoms with Gasteiger partial charge in [-0.05, 0) is 67.0 Å². The molecule has 5 N–H and O–H groups in total. The largest absolute Gasteiger partial charge is 0.469 e. The van der Waals surface area contributed by atoms with Crippen LogP contribution in [0.3, 0.4) is 0 Å². The molecule has 1 saturated heterocycles. The molecule has 1 fully saturated rings. The van der Waals surface area contributed by atoms with E-state index in [1.54, 1.807) is 19.2 Å². The van der Waals surface area contributed by atoms with Gasteiger partial charge >= 0.3 is 5.97 Å². The van der Waals surface area contributed by atoms with Crippen molar-refractivity contribution in [2.24, 2.45) is 28.3 Å². The van der Waals surface area contributed by atoms with E-state index in [1.165, 1.54) is 7.11 Å². The second kappa shape index (κ2) is 12.4. The van der Waals surface area contributed by atoms with Crippen LogP contribution in [0.5, 0.6) is 0 Å². The zero-order valence-electron chi connectivity index (χ0n) is 20.9. The summed E-state index contributed by atoms with van der Waals surface area (Å²) < 4.78 is 5.08. The van der Waals surface area contributed by atoms with Crippen LogP contribution in [0.25, 0.3) is 11.1 Å². The SMILES string of the molecule is CN=C(N)N1CCCC(CC(C(=O)OC)C(C)NC(=O)c2ccc(-c3cccc(CN)c3)cc2)C1. The molecule has 3 rings (SSSR count). The molecule has 1 heterocycles. The lowest BCUT2D eigenvalue weighted by molar-refractivity contribution is -0.147. The summed E-state index contributed by atoms with van der Waals surface area (Å²) >= 11 is 0. The van der Waals surface area contributed by atoms with Gasteiger partial charge in [0.2, 0.25) is 0 Å². The Morgan fingerprint density at radius 1 is 1.20 bits per heavy atom. The number of hydrogen-bond acceptors (Lipinski definition) is 5. The highest BCUT2D eigenvalue weighted by Crippen LogP contribution is 2.26. The second-order valence-electron chi connectivity index (χ2n) is 9.15. The van der Waals surface area contributed by atoms with Gasteiger partial charge in [-0.3, -0.25) is 14.6 Å². The van der Waals surface area contributed by atoms with Gasteiger partial charge in [0.05, 0.1) is 13.0 Å². The second-order valence-corrected chi connectivity index (χ2v) is 9.15. The van der Waals surface area contributed by atoms with Crippen molar-refractivity contribution < 1.29 is 14.3 Å². The number of nitrogens with two attached hydrogens (primary N) is 2. The van der Waals surface area contributed by atoms with Gasteiger partial charge in [-0.15, -0.1) is 0 Å². The molecule has 3 unspecified atom stereocenters. The van der Waals surface area contributed by atoms with Gasteiger partial charge in [0.25, 0.3) is 5.91 Å². The standard InChI is InChI=1S/C27H37N5O3/c1-18(24(26(34)35-3)15-20-7-5-13-32(17-20)27(29)30-2)31-25(33)22-11-9-21(10-12-22)23-8-4-6-19(14-23)16-28/h4,6,8-12,14,18,20,24H,5,7,13,15-17,28H2,1-3H3,(H2,29,30)(H,31,33). The number of nitrogens with one attached hydrogen (secondary N) is 1. The number of ether oxygens (including phenoxy) is 1. The number of guanidine groups is 1. The Balaban J connectivity index is 1.66. The predicted molar refractivity (Wildman–Crippen MR) is 139 cm³/mol. The summed E-state index contributed by atoms with van der Waals surface area (Å²) in [5.41, 5.74) is 15.4. The maximum atomic E-state index is 13.0. The highest BCUT2D eigenvalue weighted by molar-refractivity contribution is 5.95. The monoisotopic (exact) mass is 479 g/mol. The van der Waals surface area contributed by atoms with Crippen molar-refractivity contribution in [1.82, 2.24) is 10.2 Å². The Morgan fingerprint density at radius 3 is 2.60 bits per heavy atom. The first kappa shape index (κ1) is 26.2. The Hall–Kier alpha value is -3.39. The summed E-state index contributed by atoms with van der Waals surface area (Å²) in [6.45, 7) is 3.94. The first-order valence-corrected chi connectivity index (χ1v) is 12.1. The van der Waals surface area contributed by atoms with Crippen molar-refractivity contribution in [3.8, 4) is 11.1 Å². The summed E-state index contributed by atoms with van der Waals surface area (Å²) in [4.78, 5) is 31.7. The van der Waals surface area contributed by atoms with E-state index in [0.29, 0.717) is 24.5 Å². The normalized spacial score (nSPS) is 18.0.